The quantitative estimate of drug-likeness (QED) is 0.885. The Bertz CT molecular complexity index is 601. The number of pyridine rings is 1. The zero-order valence-electron chi connectivity index (χ0n) is 10.5. The topological polar surface area (TPSA) is 59.2 Å². The average molecular weight is 320 g/mol. The molecule has 0 bridgehead atoms. The first-order valence-corrected chi connectivity index (χ1v) is 6.57. The number of carbonyl (C=O) groups excluding carboxylic acids is 1. The fraction of sp³-hybridized carbons (Fsp3) is 0.143. The Balaban J connectivity index is 2.14. The number of amides is 1. The lowest BCUT2D eigenvalue weighted by Crippen LogP contribution is -2.27. The van der Waals surface area contributed by atoms with Gasteiger partial charge in [-0.3, -0.25) is 4.79 Å². The SMILES string of the molecule is CN(Cc1cccc(N)c1)C(=O)c1ncccc1Br. The van der Waals surface area contributed by atoms with E-state index in [2.05, 4.69) is 20.9 Å². The van der Waals surface area contributed by atoms with Gasteiger partial charge in [0.25, 0.3) is 5.91 Å². The monoisotopic (exact) mass is 319 g/mol. The van der Waals surface area contributed by atoms with Crippen LogP contribution in [0.3, 0.4) is 0 Å². The molecule has 0 aliphatic carbocycles. The van der Waals surface area contributed by atoms with Crippen molar-refractivity contribution in [1.82, 2.24) is 9.88 Å². The summed E-state index contributed by atoms with van der Waals surface area (Å²) in [6.45, 7) is 0.493. The third kappa shape index (κ3) is 3.32. The van der Waals surface area contributed by atoms with Crippen LogP contribution in [0.5, 0.6) is 0 Å². The standard InChI is InChI=1S/C14H14BrN3O/c1-18(9-10-4-2-5-11(16)8-10)14(19)13-12(15)6-3-7-17-13/h2-8H,9,16H2,1H3. The molecule has 98 valence electrons. The van der Waals surface area contributed by atoms with Crippen LogP contribution in [0.2, 0.25) is 0 Å². The average Bonchev–Trinajstić information content (AvgIpc) is 2.38. The van der Waals surface area contributed by atoms with Crippen molar-refractivity contribution in [1.29, 1.82) is 0 Å². The molecule has 0 atom stereocenters. The minimum atomic E-state index is -0.130. The minimum Gasteiger partial charge on any atom is -0.399 e. The number of aromatic nitrogens is 1. The fourth-order valence-corrected chi connectivity index (χ4v) is 2.19. The van der Waals surface area contributed by atoms with E-state index in [0.29, 0.717) is 22.4 Å². The third-order valence-electron chi connectivity index (χ3n) is 2.68. The van der Waals surface area contributed by atoms with Gasteiger partial charge in [-0.05, 0) is 45.8 Å². The molecule has 4 nitrogen and oxygen atoms in total. The lowest BCUT2D eigenvalue weighted by atomic mass is 10.2. The van der Waals surface area contributed by atoms with Crippen LogP contribution in [0.1, 0.15) is 16.1 Å². The fourth-order valence-electron chi connectivity index (χ4n) is 1.76. The van der Waals surface area contributed by atoms with Gasteiger partial charge in [0.2, 0.25) is 0 Å². The summed E-state index contributed by atoms with van der Waals surface area (Å²) in [6, 6.07) is 11.1. The van der Waals surface area contributed by atoms with E-state index in [0.717, 1.165) is 5.56 Å². The molecule has 0 radical (unpaired) electrons. The van der Waals surface area contributed by atoms with Crippen molar-refractivity contribution in [3.8, 4) is 0 Å². The van der Waals surface area contributed by atoms with Gasteiger partial charge in [-0.1, -0.05) is 12.1 Å². The second-order valence-corrected chi connectivity index (χ2v) is 5.09. The number of benzene rings is 1. The molecule has 0 fully saturated rings. The number of hydrogen-bond acceptors (Lipinski definition) is 3. The van der Waals surface area contributed by atoms with E-state index < -0.39 is 0 Å². The van der Waals surface area contributed by atoms with Gasteiger partial charge in [-0.2, -0.15) is 0 Å². The number of carbonyl (C=O) groups is 1. The Kier molecular flexibility index (Phi) is 4.16. The summed E-state index contributed by atoms with van der Waals surface area (Å²) >= 11 is 3.33. The second-order valence-electron chi connectivity index (χ2n) is 4.24. The molecule has 19 heavy (non-hydrogen) atoms. The van der Waals surface area contributed by atoms with Crippen LogP contribution in [0.25, 0.3) is 0 Å². The van der Waals surface area contributed by atoms with E-state index in [-0.39, 0.29) is 5.91 Å². The molecule has 0 saturated carbocycles. The first-order valence-electron chi connectivity index (χ1n) is 5.78. The van der Waals surface area contributed by atoms with Crippen LogP contribution < -0.4 is 5.73 Å². The van der Waals surface area contributed by atoms with E-state index >= 15 is 0 Å². The molecule has 5 heteroatoms. The van der Waals surface area contributed by atoms with Crippen LogP contribution in [0, 0.1) is 0 Å². The summed E-state index contributed by atoms with van der Waals surface area (Å²) in [5.74, 6) is -0.130. The first-order chi connectivity index (χ1) is 9.08. The van der Waals surface area contributed by atoms with E-state index in [9.17, 15) is 4.79 Å². The van der Waals surface area contributed by atoms with E-state index in [4.69, 9.17) is 5.73 Å². The van der Waals surface area contributed by atoms with Crippen molar-refractivity contribution >= 4 is 27.5 Å². The molecular weight excluding hydrogens is 306 g/mol. The van der Waals surface area contributed by atoms with Crippen molar-refractivity contribution in [2.45, 2.75) is 6.54 Å². The highest BCUT2D eigenvalue weighted by atomic mass is 79.9. The number of nitrogens with two attached hydrogens (primary N) is 1. The van der Waals surface area contributed by atoms with Crippen molar-refractivity contribution in [2.24, 2.45) is 0 Å². The molecular formula is C14H14BrN3O. The Hall–Kier alpha value is -1.88. The Morgan fingerprint density at radius 2 is 2.16 bits per heavy atom. The van der Waals surface area contributed by atoms with E-state index in [1.54, 1.807) is 30.3 Å². The van der Waals surface area contributed by atoms with Crippen LogP contribution in [-0.2, 0) is 6.54 Å². The summed E-state index contributed by atoms with van der Waals surface area (Å²) in [4.78, 5) is 18.0. The number of rotatable bonds is 3. The highest BCUT2D eigenvalue weighted by Gasteiger charge is 2.16. The van der Waals surface area contributed by atoms with Gasteiger partial charge in [-0.25, -0.2) is 4.98 Å². The molecule has 0 spiro atoms. The maximum Gasteiger partial charge on any atom is 0.273 e. The molecule has 0 unspecified atom stereocenters. The van der Waals surface area contributed by atoms with Crippen molar-refractivity contribution in [3.05, 3.63) is 58.3 Å². The summed E-state index contributed by atoms with van der Waals surface area (Å²) in [7, 11) is 1.74. The lowest BCUT2D eigenvalue weighted by molar-refractivity contribution is 0.0778. The highest BCUT2D eigenvalue weighted by Crippen LogP contribution is 2.16. The molecule has 0 aliphatic heterocycles. The van der Waals surface area contributed by atoms with Crippen LogP contribution in [-0.4, -0.2) is 22.8 Å². The molecule has 2 aromatic rings. The number of anilines is 1. The maximum atomic E-state index is 12.3. The van der Waals surface area contributed by atoms with Gasteiger partial charge < -0.3 is 10.6 Å². The normalized spacial score (nSPS) is 10.2. The molecule has 2 rings (SSSR count). The third-order valence-corrected chi connectivity index (χ3v) is 3.32. The van der Waals surface area contributed by atoms with Gasteiger partial charge in [0.15, 0.2) is 0 Å². The first kappa shape index (κ1) is 13.5. The molecule has 0 aliphatic rings. The lowest BCUT2D eigenvalue weighted by Gasteiger charge is -2.17. The van der Waals surface area contributed by atoms with E-state index in [1.165, 1.54) is 0 Å². The molecule has 0 saturated heterocycles. The molecule has 1 heterocycles. The smallest absolute Gasteiger partial charge is 0.273 e. The van der Waals surface area contributed by atoms with Gasteiger partial charge in [0, 0.05) is 29.9 Å². The Morgan fingerprint density at radius 1 is 1.37 bits per heavy atom. The summed E-state index contributed by atoms with van der Waals surface area (Å²) in [5, 5.41) is 0. The minimum absolute atomic E-state index is 0.130. The predicted molar refractivity (Wildman–Crippen MR) is 78.6 cm³/mol. The van der Waals surface area contributed by atoms with Crippen molar-refractivity contribution in [3.63, 3.8) is 0 Å². The number of nitrogen functional groups attached to an aromatic ring is 1. The highest BCUT2D eigenvalue weighted by molar-refractivity contribution is 9.10. The zero-order chi connectivity index (χ0) is 13.8. The van der Waals surface area contributed by atoms with Crippen LogP contribution in [0.4, 0.5) is 5.69 Å². The Labute approximate surface area is 120 Å². The van der Waals surface area contributed by atoms with Crippen molar-refractivity contribution in [2.75, 3.05) is 12.8 Å². The largest absolute Gasteiger partial charge is 0.399 e. The molecule has 1 aromatic carbocycles. The maximum absolute atomic E-state index is 12.3. The van der Waals surface area contributed by atoms with Gasteiger partial charge in [-0.15, -0.1) is 0 Å². The second kappa shape index (κ2) is 5.84. The predicted octanol–water partition coefficient (Wildman–Crippen LogP) is 2.70. The number of nitrogens with zero attached hydrogens (tertiary/aromatic N) is 2. The number of halogens is 1. The summed E-state index contributed by atoms with van der Waals surface area (Å²) in [5.41, 5.74) is 7.81. The molecule has 2 N–H and O–H groups in total. The molecule has 1 aromatic heterocycles. The van der Waals surface area contributed by atoms with Gasteiger partial charge in [0.05, 0.1) is 0 Å². The van der Waals surface area contributed by atoms with Crippen LogP contribution in [0.15, 0.2) is 47.1 Å². The van der Waals surface area contributed by atoms with Gasteiger partial charge >= 0.3 is 0 Å². The summed E-state index contributed by atoms with van der Waals surface area (Å²) < 4.78 is 0.694. The van der Waals surface area contributed by atoms with Gasteiger partial charge in [0.1, 0.15) is 5.69 Å². The number of hydrogen-bond donors (Lipinski definition) is 1. The molecule has 1 amide bonds. The summed E-state index contributed by atoms with van der Waals surface area (Å²) in [6.07, 6.45) is 1.60. The van der Waals surface area contributed by atoms with Crippen molar-refractivity contribution < 1.29 is 4.79 Å². The Morgan fingerprint density at radius 3 is 2.84 bits per heavy atom. The van der Waals surface area contributed by atoms with Crippen LogP contribution >= 0.6 is 15.9 Å². The van der Waals surface area contributed by atoms with E-state index in [1.807, 2.05) is 24.3 Å². The zero-order valence-corrected chi connectivity index (χ0v) is 12.1.